The molecule has 2 heterocycles. The van der Waals surface area contributed by atoms with E-state index in [0.717, 1.165) is 24.2 Å². The third kappa shape index (κ3) is 6.02. The average molecular weight is 464 g/mol. The Bertz CT molecular complexity index is 628. The van der Waals surface area contributed by atoms with Crippen LogP contribution in [0.4, 0.5) is 0 Å². The molecule has 2 aromatic rings. The Morgan fingerprint density at radius 1 is 1.46 bits per heavy atom. The number of methoxy groups -OCH3 is 1. The van der Waals surface area contributed by atoms with Gasteiger partial charge < -0.3 is 19.5 Å². The lowest BCUT2D eigenvalue weighted by molar-refractivity contribution is 0.203. The van der Waals surface area contributed by atoms with Crippen LogP contribution in [0, 0.1) is 6.92 Å². The number of aryl methyl sites for hydroxylation is 1. The predicted octanol–water partition coefficient (Wildman–Crippen LogP) is 2.03. The van der Waals surface area contributed by atoms with Gasteiger partial charge >= 0.3 is 0 Å². The van der Waals surface area contributed by atoms with Crippen LogP contribution in [-0.4, -0.2) is 52.9 Å². The first-order valence-corrected chi connectivity index (χ1v) is 8.40. The van der Waals surface area contributed by atoms with E-state index >= 15 is 0 Å². The lowest BCUT2D eigenvalue weighted by Crippen LogP contribution is -2.40. The van der Waals surface area contributed by atoms with Crippen LogP contribution in [0.1, 0.15) is 17.2 Å². The zero-order chi connectivity index (χ0) is 16.7. The first kappa shape index (κ1) is 20.8. The van der Waals surface area contributed by atoms with Crippen molar-refractivity contribution in [3.05, 3.63) is 34.0 Å². The minimum absolute atomic E-state index is 0. The van der Waals surface area contributed by atoms with Crippen LogP contribution in [0.5, 0.6) is 0 Å². The molecule has 2 rings (SSSR count). The van der Waals surface area contributed by atoms with Gasteiger partial charge in [0.2, 0.25) is 0 Å². The lowest BCUT2D eigenvalue weighted by Gasteiger charge is -2.22. The second kappa shape index (κ2) is 10.6. The number of guanidine groups is 1. The second-order valence-corrected chi connectivity index (χ2v) is 6.05. The molecule has 0 spiro atoms. The fourth-order valence-corrected chi connectivity index (χ4v) is 2.70. The van der Waals surface area contributed by atoms with E-state index in [9.17, 15) is 0 Å². The molecule has 1 N–H and O–H groups in total. The molecule has 134 valence electrons. The van der Waals surface area contributed by atoms with E-state index in [4.69, 9.17) is 4.74 Å². The Labute approximate surface area is 164 Å². The number of rotatable bonds is 7. The molecule has 0 unspecified atom stereocenters. The van der Waals surface area contributed by atoms with Gasteiger partial charge in [-0.25, -0.2) is 4.99 Å². The highest BCUT2D eigenvalue weighted by Gasteiger charge is 2.09. The van der Waals surface area contributed by atoms with E-state index in [1.165, 1.54) is 5.56 Å². The lowest BCUT2D eigenvalue weighted by atomic mass is 10.3. The second-order valence-electron chi connectivity index (χ2n) is 5.27. The average Bonchev–Trinajstić information content (AvgIpc) is 3.15. The van der Waals surface area contributed by atoms with Crippen molar-refractivity contribution in [2.75, 3.05) is 27.3 Å². The normalized spacial score (nSPS) is 11.2. The fraction of sp³-hybridized carbons (Fsp3) is 0.533. The molecular weight excluding hydrogens is 439 g/mol. The monoisotopic (exact) mass is 464 g/mol. The fourth-order valence-electron chi connectivity index (χ4n) is 2.04. The zero-order valence-corrected chi connectivity index (χ0v) is 17.7. The van der Waals surface area contributed by atoms with Crippen LogP contribution >= 0.6 is 35.3 Å². The third-order valence-electron chi connectivity index (χ3n) is 3.50. The number of halogens is 1. The van der Waals surface area contributed by atoms with Crippen molar-refractivity contribution in [2.45, 2.75) is 20.0 Å². The van der Waals surface area contributed by atoms with Crippen molar-refractivity contribution in [3.8, 4) is 0 Å². The number of nitrogens with zero attached hydrogens (tertiary/aromatic N) is 5. The van der Waals surface area contributed by atoms with Crippen LogP contribution in [0.2, 0.25) is 0 Å². The summed E-state index contributed by atoms with van der Waals surface area (Å²) in [6.45, 7) is 4.57. The Morgan fingerprint density at radius 3 is 2.83 bits per heavy atom. The van der Waals surface area contributed by atoms with Gasteiger partial charge in [-0.1, -0.05) is 0 Å². The summed E-state index contributed by atoms with van der Waals surface area (Å²) < 4.78 is 7.06. The quantitative estimate of drug-likeness (QED) is 0.294. The molecule has 0 radical (unpaired) electrons. The Morgan fingerprint density at radius 2 is 2.25 bits per heavy atom. The first-order valence-electron chi connectivity index (χ1n) is 7.46. The number of aliphatic imine (C=N–C) groups is 1. The van der Waals surface area contributed by atoms with Gasteiger partial charge in [0.05, 0.1) is 6.61 Å². The maximum absolute atomic E-state index is 5.10. The summed E-state index contributed by atoms with van der Waals surface area (Å²) in [7, 11) is 5.67. The van der Waals surface area contributed by atoms with E-state index in [1.807, 2.05) is 25.6 Å². The number of ether oxygens (including phenoxy) is 1. The molecule has 0 aliphatic heterocycles. The van der Waals surface area contributed by atoms with Gasteiger partial charge in [-0.2, -0.15) is 11.3 Å². The van der Waals surface area contributed by atoms with Gasteiger partial charge in [-0.15, -0.1) is 34.2 Å². The number of aromatic nitrogens is 3. The Kier molecular flexibility index (Phi) is 9.22. The number of thiophene rings is 1. The van der Waals surface area contributed by atoms with Gasteiger partial charge in [-0.3, -0.25) is 0 Å². The molecule has 0 amide bonds. The molecule has 0 aromatic carbocycles. The molecule has 2 aromatic heterocycles. The minimum atomic E-state index is 0. The van der Waals surface area contributed by atoms with Crippen molar-refractivity contribution < 1.29 is 4.74 Å². The van der Waals surface area contributed by atoms with Crippen LogP contribution in [-0.2, 0) is 24.9 Å². The van der Waals surface area contributed by atoms with Gasteiger partial charge in [-0.05, 0) is 29.3 Å². The number of nitrogens with one attached hydrogen (secondary N) is 1. The van der Waals surface area contributed by atoms with Crippen LogP contribution in [0.25, 0.3) is 0 Å². The standard InChI is InChI=1S/C15H24N6OS.HI/c1-12-18-19-14(21(12)3)9-17-15(16-6-7-22-4)20(2)10-13-5-8-23-11-13;/h5,8,11H,6-7,9-10H2,1-4H3,(H,16,17);1H. The molecule has 0 bridgehead atoms. The van der Waals surface area contributed by atoms with Crippen molar-refractivity contribution >= 4 is 41.3 Å². The van der Waals surface area contributed by atoms with E-state index in [0.29, 0.717) is 19.7 Å². The SMILES string of the molecule is COCCNC(=NCc1nnc(C)n1C)N(C)Cc1ccsc1.I. The molecule has 0 aliphatic rings. The van der Waals surface area contributed by atoms with E-state index in [-0.39, 0.29) is 24.0 Å². The van der Waals surface area contributed by atoms with Gasteiger partial charge in [0.25, 0.3) is 0 Å². The first-order chi connectivity index (χ1) is 11.1. The molecule has 0 fully saturated rings. The molecule has 0 saturated carbocycles. The highest BCUT2D eigenvalue weighted by molar-refractivity contribution is 14.0. The highest BCUT2D eigenvalue weighted by Crippen LogP contribution is 2.09. The summed E-state index contributed by atoms with van der Waals surface area (Å²) in [4.78, 5) is 6.77. The Balaban J connectivity index is 0.00000288. The van der Waals surface area contributed by atoms with E-state index in [1.54, 1.807) is 18.4 Å². The maximum Gasteiger partial charge on any atom is 0.194 e. The third-order valence-corrected chi connectivity index (χ3v) is 4.24. The maximum atomic E-state index is 5.10. The van der Waals surface area contributed by atoms with Crippen LogP contribution in [0.3, 0.4) is 0 Å². The summed E-state index contributed by atoms with van der Waals surface area (Å²) in [5, 5.41) is 15.8. The minimum Gasteiger partial charge on any atom is -0.383 e. The van der Waals surface area contributed by atoms with E-state index in [2.05, 4.69) is 42.2 Å². The van der Waals surface area contributed by atoms with Crippen LogP contribution < -0.4 is 5.32 Å². The van der Waals surface area contributed by atoms with Crippen molar-refractivity contribution in [2.24, 2.45) is 12.0 Å². The molecular formula is C15H25IN6OS. The smallest absolute Gasteiger partial charge is 0.194 e. The van der Waals surface area contributed by atoms with Crippen molar-refractivity contribution in [1.29, 1.82) is 0 Å². The summed E-state index contributed by atoms with van der Waals surface area (Å²) in [6, 6.07) is 2.12. The van der Waals surface area contributed by atoms with E-state index < -0.39 is 0 Å². The van der Waals surface area contributed by atoms with Crippen molar-refractivity contribution in [3.63, 3.8) is 0 Å². The molecule has 0 saturated heterocycles. The topological polar surface area (TPSA) is 67.6 Å². The number of hydrogen-bond acceptors (Lipinski definition) is 5. The highest BCUT2D eigenvalue weighted by atomic mass is 127. The summed E-state index contributed by atoms with van der Waals surface area (Å²) in [5.74, 6) is 2.56. The van der Waals surface area contributed by atoms with Crippen LogP contribution in [0.15, 0.2) is 21.8 Å². The summed E-state index contributed by atoms with van der Waals surface area (Å²) in [6.07, 6.45) is 0. The molecule has 7 nitrogen and oxygen atoms in total. The van der Waals surface area contributed by atoms with Gasteiger partial charge in [0.15, 0.2) is 11.8 Å². The number of hydrogen-bond donors (Lipinski definition) is 1. The predicted molar refractivity (Wildman–Crippen MR) is 108 cm³/mol. The summed E-state index contributed by atoms with van der Waals surface area (Å²) in [5.41, 5.74) is 1.27. The van der Waals surface area contributed by atoms with Gasteiger partial charge in [0.1, 0.15) is 12.4 Å². The molecule has 24 heavy (non-hydrogen) atoms. The molecule has 9 heteroatoms. The largest absolute Gasteiger partial charge is 0.383 e. The zero-order valence-electron chi connectivity index (χ0n) is 14.5. The Hall–Kier alpha value is -1.20. The van der Waals surface area contributed by atoms with Crippen molar-refractivity contribution in [1.82, 2.24) is 25.0 Å². The molecule has 0 atom stereocenters. The summed E-state index contributed by atoms with van der Waals surface area (Å²) >= 11 is 1.70. The van der Waals surface area contributed by atoms with Gasteiger partial charge in [0, 0.05) is 34.3 Å². The molecule has 0 aliphatic carbocycles.